The van der Waals surface area contributed by atoms with Crippen LogP contribution in [0.5, 0.6) is 0 Å². The van der Waals surface area contributed by atoms with Gasteiger partial charge in [0.05, 0.1) is 19.4 Å². The standard InChI is InChI=1S/C11H10F4O8S/c12-10(13,11(14,15)24(20,21)22)1-2-23-9(19)6-3-5(16)4-7(17)8(6)18/h6H,1-4H2,(H,20,21,22). The Morgan fingerprint density at radius 2 is 1.75 bits per heavy atom. The number of ketones is 3. The molecule has 0 aromatic carbocycles. The van der Waals surface area contributed by atoms with Crippen LogP contribution >= 0.6 is 0 Å². The predicted molar refractivity (Wildman–Crippen MR) is 64.8 cm³/mol. The Kier molecular flexibility index (Phi) is 5.50. The molecule has 13 heteroatoms. The summed E-state index contributed by atoms with van der Waals surface area (Å²) >= 11 is 0. The van der Waals surface area contributed by atoms with Gasteiger partial charge in [-0.25, -0.2) is 0 Å². The van der Waals surface area contributed by atoms with Gasteiger partial charge < -0.3 is 4.74 Å². The first kappa shape index (κ1) is 20.2. The number of carbonyl (C=O) groups excluding carboxylic acids is 4. The Morgan fingerprint density at radius 1 is 1.21 bits per heavy atom. The van der Waals surface area contributed by atoms with Crippen LogP contribution in [-0.2, 0) is 34.0 Å². The summed E-state index contributed by atoms with van der Waals surface area (Å²) in [5.41, 5.74) is 0. The SMILES string of the molecule is O=C1CC(=O)C(=O)C(C(=O)OCCC(F)(F)C(F)(F)S(=O)(=O)O)C1. The first-order chi connectivity index (χ1) is 10.7. The molecular weight excluding hydrogens is 368 g/mol. The van der Waals surface area contributed by atoms with Crippen LogP contribution in [-0.4, -0.2) is 54.1 Å². The molecule has 136 valence electrons. The predicted octanol–water partition coefficient (Wildman–Crippen LogP) is 0.153. The lowest BCUT2D eigenvalue weighted by atomic mass is 9.86. The lowest BCUT2D eigenvalue weighted by Crippen LogP contribution is -2.47. The highest BCUT2D eigenvalue weighted by Crippen LogP contribution is 2.40. The number of Topliss-reactive ketones (excluding diaryl/α,β-unsaturated/α-hetero) is 3. The van der Waals surface area contributed by atoms with Crippen LogP contribution in [0, 0.1) is 5.92 Å². The molecular formula is C11H10F4O8S. The molecule has 8 nitrogen and oxygen atoms in total. The first-order valence-corrected chi connectivity index (χ1v) is 7.63. The Labute approximate surface area is 131 Å². The molecule has 0 amide bonds. The molecule has 0 radical (unpaired) electrons. The summed E-state index contributed by atoms with van der Waals surface area (Å²) in [6.07, 6.45) is -3.39. The molecule has 0 aromatic rings. The monoisotopic (exact) mass is 378 g/mol. The van der Waals surface area contributed by atoms with Crippen molar-refractivity contribution in [3.63, 3.8) is 0 Å². The Balaban J connectivity index is 2.70. The topological polar surface area (TPSA) is 132 Å². The van der Waals surface area contributed by atoms with E-state index < -0.39 is 76.4 Å². The van der Waals surface area contributed by atoms with E-state index in [9.17, 15) is 45.2 Å². The number of hydrogen-bond acceptors (Lipinski definition) is 7. The fourth-order valence-electron chi connectivity index (χ4n) is 1.76. The summed E-state index contributed by atoms with van der Waals surface area (Å²) in [5.74, 6) is -11.9. The molecule has 1 N–H and O–H groups in total. The van der Waals surface area contributed by atoms with Gasteiger partial charge in [-0.1, -0.05) is 0 Å². The minimum atomic E-state index is -6.42. The van der Waals surface area contributed by atoms with Crippen molar-refractivity contribution in [2.45, 2.75) is 30.4 Å². The van der Waals surface area contributed by atoms with Crippen molar-refractivity contribution >= 4 is 33.4 Å². The highest BCUT2D eigenvalue weighted by molar-refractivity contribution is 7.87. The van der Waals surface area contributed by atoms with Gasteiger partial charge in [0.15, 0.2) is 0 Å². The van der Waals surface area contributed by atoms with E-state index in [0.29, 0.717) is 0 Å². The summed E-state index contributed by atoms with van der Waals surface area (Å²) in [6, 6.07) is 0. The van der Waals surface area contributed by atoms with Gasteiger partial charge in [-0.05, 0) is 0 Å². The van der Waals surface area contributed by atoms with Crippen LogP contribution in [0.1, 0.15) is 19.3 Å². The maximum Gasteiger partial charge on any atom is 0.431 e. The minimum Gasteiger partial charge on any atom is -0.465 e. The highest BCUT2D eigenvalue weighted by atomic mass is 32.2. The molecule has 24 heavy (non-hydrogen) atoms. The van der Waals surface area contributed by atoms with Crippen molar-refractivity contribution in [2.24, 2.45) is 5.92 Å². The summed E-state index contributed by atoms with van der Waals surface area (Å²) in [7, 11) is -6.42. The van der Waals surface area contributed by atoms with Crippen molar-refractivity contribution < 1.29 is 54.4 Å². The van der Waals surface area contributed by atoms with E-state index >= 15 is 0 Å². The molecule has 1 aliphatic rings. The molecule has 1 fully saturated rings. The molecule has 0 aromatic heterocycles. The number of halogens is 4. The third-order valence-corrected chi connectivity index (χ3v) is 4.02. The van der Waals surface area contributed by atoms with Gasteiger partial charge in [0.25, 0.3) is 0 Å². The lowest BCUT2D eigenvalue weighted by molar-refractivity contribution is -0.177. The van der Waals surface area contributed by atoms with Gasteiger partial charge in [0.1, 0.15) is 11.7 Å². The van der Waals surface area contributed by atoms with Crippen LogP contribution in [0.2, 0.25) is 0 Å². The molecule has 1 aliphatic carbocycles. The zero-order valence-corrected chi connectivity index (χ0v) is 12.4. The van der Waals surface area contributed by atoms with Gasteiger partial charge in [-0.15, -0.1) is 0 Å². The highest BCUT2D eigenvalue weighted by Gasteiger charge is 2.65. The number of alkyl halides is 4. The lowest BCUT2D eigenvalue weighted by Gasteiger charge is -2.24. The summed E-state index contributed by atoms with van der Waals surface area (Å²) in [6.45, 7) is -1.44. The molecule has 0 spiro atoms. The van der Waals surface area contributed by atoms with Gasteiger partial charge in [-0.2, -0.15) is 26.0 Å². The summed E-state index contributed by atoms with van der Waals surface area (Å²) in [4.78, 5) is 45.1. The van der Waals surface area contributed by atoms with Gasteiger partial charge >= 0.3 is 27.3 Å². The van der Waals surface area contributed by atoms with E-state index in [4.69, 9.17) is 4.55 Å². The van der Waals surface area contributed by atoms with Crippen LogP contribution in [0.3, 0.4) is 0 Å². The molecule has 1 unspecified atom stereocenters. The van der Waals surface area contributed by atoms with Crippen molar-refractivity contribution in [3.05, 3.63) is 0 Å². The van der Waals surface area contributed by atoms with Gasteiger partial charge in [0.2, 0.25) is 11.6 Å². The van der Waals surface area contributed by atoms with E-state index in [-0.39, 0.29) is 0 Å². The second kappa shape index (κ2) is 6.55. The first-order valence-electron chi connectivity index (χ1n) is 6.19. The zero-order valence-electron chi connectivity index (χ0n) is 11.6. The van der Waals surface area contributed by atoms with Crippen molar-refractivity contribution in [1.82, 2.24) is 0 Å². The molecule has 1 rings (SSSR count). The maximum absolute atomic E-state index is 13.1. The Bertz CT molecular complexity index is 684. The molecule has 0 heterocycles. The van der Waals surface area contributed by atoms with Crippen molar-refractivity contribution in [3.8, 4) is 0 Å². The van der Waals surface area contributed by atoms with Gasteiger partial charge in [0, 0.05) is 6.42 Å². The third kappa shape index (κ3) is 3.95. The zero-order chi connectivity index (χ0) is 18.9. The van der Waals surface area contributed by atoms with E-state index in [0.717, 1.165) is 0 Å². The second-order valence-corrected chi connectivity index (χ2v) is 6.34. The van der Waals surface area contributed by atoms with Gasteiger partial charge in [-0.3, -0.25) is 23.7 Å². The fraction of sp³-hybridized carbons (Fsp3) is 0.636. The quantitative estimate of drug-likeness (QED) is 0.227. The fourth-order valence-corrected chi connectivity index (χ4v) is 2.24. The van der Waals surface area contributed by atoms with Crippen molar-refractivity contribution in [2.75, 3.05) is 6.61 Å². The van der Waals surface area contributed by atoms with Crippen LogP contribution in [0.4, 0.5) is 17.6 Å². The number of carbonyl (C=O) groups is 4. The third-order valence-electron chi connectivity index (χ3n) is 3.08. The van der Waals surface area contributed by atoms with Crippen molar-refractivity contribution in [1.29, 1.82) is 0 Å². The molecule has 0 bridgehead atoms. The summed E-state index contributed by atoms with van der Waals surface area (Å²) in [5, 5.41) is -5.82. The Hall–Kier alpha value is -1.89. The normalized spacial score (nSPS) is 20.2. The minimum absolute atomic E-state index is 0.693. The average molecular weight is 378 g/mol. The van der Waals surface area contributed by atoms with E-state index in [1.54, 1.807) is 0 Å². The van der Waals surface area contributed by atoms with Crippen LogP contribution in [0.25, 0.3) is 0 Å². The number of esters is 1. The smallest absolute Gasteiger partial charge is 0.431 e. The molecule has 0 aliphatic heterocycles. The number of hydrogen-bond donors (Lipinski definition) is 1. The molecule has 1 atom stereocenters. The average Bonchev–Trinajstić information content (AvgIpc) is 2.40. The van der Waals surface area contributed by atoms with Crippen LogP contribution < -0.4 is 0 Å². The number of rotatable bonds is 6. The van der Waals surface area contributed by atoms with E-state index in [2.05, 4.69) is 4.74 Å². The maximum atomic E-state index is 13.1. The molecule has 1 saturated carbocycles. The Morgan fingerprint density at radius 3 is 2.25 bits per heavy atom. The largest absolute Gasteiger partial charge is 0.465 e. The second-order valence-electron chi connectivity index (χ2n) is 4.87. The molecule has 0 saturated heterocycles. The van der Waals surface area contributed by atoms with Crippen LogP contribution in [0.15, 0.2) is 0 Å². The number of ether oxygens (including phenoxy) is 1. The van der Waals surface area contributed by atoms with E-state index in [1.807, 2.05) is 0 Å². The van der Waals surface area contributed by atoms with E-state index in [1.165, 1.54) is 0 Å². The summed E-state index contributed by atoms with van der Waals surface area (Å²) < 4.78 is 84.8.